The van der Waals surface area contributed by atoms with E-state index in [-0.39, 0.29) is 0 Å². The highest BCUT2D eigenvalue weighted by Crippen LogP contribution is 2.39. The monoisotopic (exact) mass is 231 g/mol. The summed E-state index contributed by atoms with van der Waals surface area (Å²) in [6.07, 6.45) is 10.3. The summed E-state index contributed by atoms with van der Waals surface area (Å²) in [5.74, 6) is 0. The normalized spacial score (nSPS) is 19.6. The molecule has 0 aliphatic heterocycles. The molecule has 0 saturated heterocycles. The van der Waals surface area contributed by atoms with Gasteiger partial charge in [0, 0.05) is 25.0 Å². The summed E-state index contributed by atoms with van der Waals surface area (Å²) in [5.41, 5.74) is 0. The van der Waals surface area contributed by atoms with Gasteiger partial charge >= 0.3 is 0 Å². The van der Waals surface area contributed by atoms with E-state index in [1.54, 1.807) is 7.11 Å². The predicted octanol–water partition coefficient (Wildman–Crippen LogP) is 2.68. The number of methoxy groups -OCH3 is 1. The maximum absolute atomic E-state index is 5.03. The van der Waals surface area contributed by atoms with Gasteiger partial charge in [0.15, 0.2) is 0 Å². The van der Waals surface area contributed by atoms with Gasteiger partial charge in [-0.2, -0.15) is 11.8 Å². The lowest BCUT2D eigenvalue weighted by Crippen LogP contribution is -2.35. The zero-order valence-corrected chi connectivity index (χ0v) is 11.0. The topological polar surface area (TPSA) is 21.3 Å². The molecule has 1 aliphatic rings. The van der Waals surface area contributed by atoms with Crippen LogP contribution in [0.1, 0.15) is 38.5 Å². The third-order valence-electron chi connectivity index (χ3n) is 3.35. The Hall–Kier alpha value is 0.270. The van der Waals surface area contributed by atoms with Gasteiger partial charge in [-0.3, -0.25) is 0 Å². The number of hydrogen-bond acceptors (Lipinski definition) is 3. The zero-order valence-electron chi connectivity index (χ0n) is 10.2. The highest BCUT2D eigenvalue weighted by Gasteiger charge is 2.32. The highest BCUT2D eigenvalue weighted by molar-refractivity contribution is 8.00. The Kier molecular flexibility index (Phi) is 6.69. The average molecular weight is 231 g/mol. The van der Waals surface area contributed by atoms with Crippen molar-refractivity contribution >= 4 is 11.8 Å². The summed E-state index contributed by atoms with van der Waals surface area (Å²) >= 11 is 2.06. The van der Waals surface area contributed by atoms with E-state index in [2.05, 4.69) is 23.3 Å². The van der Waals surface area contributed by atoms with Crippen molar-refractivity contribution < 1.29 is 4.74 Å². The van der Waals surface area contributed by atoms with Crippen LogP contribution in [0.15, 0.2) is 0 Å². The van der Waals surface area contributed by atoms with E-state index in [4.69, 9.17) is 4.74 Å². The van der Waals surface area contributed by atoms with Crippen molar-refractivity contribution in [1.29, 1.82) is 0 Å². The minimum absolute atomic E-state index is 0.557. The van der Waals surface area contributed by atoms with Gasteiger partial charge in [-0.1, -0.05) is 12.8 Å². The van der Waals surface area contributed by atoms with Crippen molar-refractivity contribution in [2.75, 3.05) is 33.1 Å². The minimum Gasteiger partial charge on any atom is -0.385 e. The molecule has 0 heterocycles. The average Bonchev–Trinajstić information content (AvgIpc) is 2.73. The summed E-state index contributed by atoms with van der Waals surface area (Å²) in [4.78, 5) is 0. The van der Waals surface area contributed by atoms with E-state index in [1.807, 2.05) is 0 Å². The maximum Gasteiger partial charge on any atom is 0.0462 e. The molecular weight excluding hydrogens is 206 g/mol. The SMILES string of the molecule is COCCCCNCC1(SC)CCCC1. The van der Waals surface area contributed by atoms with Crippen LogP contribution in [0.2, 0.25) is 0 Å². The second-order valence-electron chi connectivity index (χ2n) is 4.47. The van der Waals surface area contributed by atoms with E-state index >= 15 is 0 Å². The van der Waals surface area contributed by atoms with Crippen LogP contribution >= 0.6 is 11.8 Å². The van der Waals surface area contributed by atoms with E-state index in [0.29, 0.717) is 4.75 Å². The molecule has 3 heteroatoms. The number of thioether (sulfide) groups is 1. The molecule has 0 radical (unpaired) electrons. The van der Waals surface area contributed by atoms with Crippen LogP contribution in [0, 0.1) is 0 Å². The molecule has 0 amide bonds. The fourth-order valence-electron chi connectivity index (χ4n) is 2.29. The molecule has 15 heavy (non-hydrogen) atoms. The standard InChI is InChI=1S/C12H25NOS/c1-14-10-6-5-9-13-11-12(15-2)7-3-4-8-12/h13H,3-11H2,1-2H3. The van der Waals surface area contributed by atoms with E-state index in [0.717, 1.165) is 13.2 Å². The number of ether oxygens (including phenoxy) is 1. The third kappa shape index (κ3) is 4.75. The summed E-state index contributed by atoms with van der Waals surface area (Å²) in [6.45, 7) is 3.24. The molecular formula is C12H25NOS. The second-order valence-corrected chi connectivity index (χ2v) is 5.75. The quantitative estimate of drug-likeness (QED) is 0.649. The third-order valence-corrected chi connectivity index (χ3v) is 4.77. The summed E-state index contributed by atoms with van der Waals surface area (Å²) in [7, 11) is 1.77. The van der Waals surface area contributed by atoms with Crippen LogP contribution in [0.5, 0.6) is 0 Å². The largest absolute Gasteiger partial charge is 0.385 e. The number of rotatable bonds is 8. The molecule has 1 saturated carbocycles. The molecule has 1 aliphatic carbocycles. The number of hydrogen-bond donors (Lipinski definition) is 1. The minimum atomic E-state index is 0.557. The van der Waals surface area contributed by atoms with Crippen LogP contribution in [0.3, 0.4) is 0 Å². The fourth-order valence-corrected chi connectivity index (χ4v) is 3.23. The smallest absolute Gasteiger partial charge is 0.0462 e. The van der Waals surface area contributed by atoms with Gasteiger partial charge in [0.1, 0.15) is 0 Å². The van der Waals surface area contributed by atoms with Gasteiger partial charge < -0.3 is 10.1 Å². The summed E-state index contributed by atoms with van der Waals surface area (Å²) < 4.78 is 5.59. The van der Waals surface area contributed by atoms with Gasteiger partial charge in [0.25, 0.3) is 0 Å². The van der Waals surface area contributed by atoms with Gasteiger partial charge in [0.05, 0.1) is 0 Å². The van der Waals surface area contributed by atoms with Crippen molar-refractivity contribution in [2.24, 2.45) is 0 Å². The molecule has 0 spiro atoms. The van der Waals surface area contributed by atoms with E-state index in [9.17, 15) is 0 Å². The van der Waals surface area contributed by atoms with Crippen molar-refractivity contribution in [3.8, 4) is 0 Å². The first-order valence-electron chi connectivity index (χ1n) is 6.08. The molecule has 0 aromatic carbocycles. The maximum atomic E-state index is 5.03. The Bertz CT molecular complexity index is 158. The fraction of sp³-hybridized carbons (Fsp3) is 1.00. The molecule has 90 valence electrons. The molecule has 0 atom stereocenters. The summed E-state index contributed by atoms with van der Waals surface area (Å²) in [6, 6.07) is 0. The van der Waals surface area contributed by atoms with Crippen molar-refractivity contribution in [3.63, 3.8) is 0 Å². The lowest BCUT2D eigenvalue weighted by Gasteiger charge is -2.27. The van der Waals surface area contributed by atoms with Gasteiger partial charge in [-0.15, -0.1) is 0 Å². The number of unbranched alkanes of at least 4 members (excludes halogenated alkanes) is 1. The lowest BCUT2D eigenvalue weighted by molar-refractivity contribution is 0.192. The second kappa shape index (κ2) is 7.53. The molecule has 0 aromatic heterocycles. The Morgan fingerprint density at radius 2 is 2.00 bits per heavy atom. The van der Waals surface area contributed by atoms with Crippen molar-refractivity contribution in [1.82, 2.24) is 5.32 Å². The molecule has 2 nitrogen and oxygen atoms in total. The molecule has 1 N–H and O–H groups in total. The van der Waals surface area contributed by atoms with Gasteiger partial charge in [-0.25, -0.2) is 0 Å². The van der Waals surface area contributed by atoms with Crippen LogP contribution < -0.4 is 5.32 Å². The lowest BCUT2D eigenvalue weighted by atomic mass is 10.1. The summed E-state index contributed by atoms with van der Waals surface area (Å²) in [5, 5.41) is 3.60. The van der Waals surface area contributed by atoms with Crippen LogP contribution in [0.4, 0.5) is 0 Å². The first-order chi connectivity index (χ1) is 7.33. The Morgan fingerprint density at radius 3 is 2.60 bits per heavy atom. The zero-order chi connectivity index (χ0) is 11.0. The Balaban J connectivity index is 2.02. The highest BCUT2D eigenvalue weighted by atomic mass is 32.2. The van der Waals surface area contributed by atoms with Crippen LogP contribution in [0.25, 0.3) is 0 Å². The molecule has 1 rings (SSSR count). The van der Waals surface area contributed by atoms with Crippen LogP contribution in [-0.4, -0.2) is 37.8 Å². The molecule has 0 aromatic rings. The predicted molar refractivity (Wildman–Crippen MR) is 68.7 cm³/mol. The Labute approximate surface area is 98.5 Å². The van der Waals surface area contributed by atoms with Gasteiger partial charge in [0.2, 0.25) is 0 Å². The number of nitrogens with one attached hydrogen (secondary N) is 1. The first kappa shape index (κ1) is 13.3. The molecule has 0 bridgehead atoms. The first-order valence-corrected chi connectivity index (χ1v) is 7.30. The van der Waals surface area contributed by atoms with Crippen LogP contribution in [-0.2, 0) is 4.74 Å². The Morgan fingerprint density at radius 1 is 1.27 bits per heavy atom. The van der Waals surface area contributed by atoms with E-state index < -0.39 is 0 Å². The molecule has 1 fully saturated rings. The van der Waals surface area contributed by atoms with Crippen molar-refractivity contribution in [2.45, 2.75) is 43.3 Å². The van der Waals surface area contributed by atoms with Crippen molar-refractivity contribution in [3.05, 3.63) is 0 Å². The van der Waals surface area contributed by atoms with E-state index in [1.165, 1.54) is 45.1 Å². The van der Waals surface area contributed by atoms with Gasteiger partial charge in [-0.05, 0) is 38.5 Å². The molecule has 0 unspecified atom stereocenters.